The van der Waals surface area contributed by atoms with Gasteiger partial charge in [0.15, 0.2) is 0 Å². The topological polar surface area (TPSA) is 105 Å². The van der Waals surface area contributed by atoms with Crippen molar-refractivity contribution in [2.45, 2.75) is 154 Å². The number of nitrogens with one attached hydrogen (secondary N) is 1. The molecule has 260 valence electrons. The molecule has 1 amide bonds. The van der Waals surface area contributed by atoms with Crippen molar-refractivity contribution in [2.75, 3.05) is 40.9 Å². The van der Waals surface area contributed by atoms with Gasteiger partial charge in [-0.2, -0.15) is 0 Å². The molecule has 0 radical (unpaired) electrons. The van der Waals surface area contributed by atoms with Crippen LogP contribution in [0.5, 0.6) is 0 Å². The number of nitrogens with zero attached hydrogens (tertiary/aromatic N) is 1. The van der Waals surface area contributed by atoms with Gasteiger partial charge in [-0.25, -0.2) is 4.57 Å². The average molecular weight is 646 g/mol. The van der Waals surface area contributed by atoms with Crippen LogP contribution < -0.4 is 5.32 Å². The van der Waals surface area contributed by atoms with Gasteiger partial charge in [-0.1, -0.05) is 128 Å². The molecule has 0 fully saturated rings. The van der Waals surface area contributed by atoms with Crippen LogP contribution in [-0.2, 0) is 18.4 Å². The minimum atomic E-state index is -4.32. The molecule has 0 aliphatic rings. The molecular weight excluding hydrogens is 575 g/mol. The molecule has 0 saturated heterocycles. The Morgan fingerprint density at radius 1 is 0.750 bits per heavy atom. The Morgan fingerprint density at radius 2 is 1.25 bits per heavy atom. The minimum Gasteiger partial charge on any atom is -0.387 e. The van der Waals surface area contributed by atoms with Crippen molar-refractivity contribution in [1.29, 1.82) is 0 Å². The quantitative estimate of drug-likeness (QED) is 0.0302. The summed E-state index contributed by atoms with van der Waals surface area (Å²) in [4.78, 5) is 22.8. The molecule has 3 unspecified atom stereocenters. The normalized spacial score (nSPS) is 15.2. The Labute approximate surface area is 271 Å². The van der Waals surface area contributed by atoms with Gasteiger partial charge in [-0.05, 0) is 32.1 Å². The third-order valence-corrected chi connectivity index (χ3v) is 8.66. The fraction of sp³-hybridized carbons (Fsp3) is 0.857. The molecule has 0 aromatic heterocycles. The standard InChI is InChI=1S/C35H69N2O6P/c1-6-8-10-12-14-15-16-17-18-19-20-21-23-24-26-28-34(38)33(32-43-44(40,41)42-31-30-37(3,4)5)36-35(39)29-27-25-22-13-11-9-7-2/h20-21,26,28,33-34,38H,6-19,22-25,27,29-32H2,1-5H3,(H-,36,39,40,41)/p+1/b21-20+,28-26+. The Balaban J connectivity index is 4.59. The van der Waals surface area contributed by atoms with Crippen LogP contribution in [-0.4, -0.2) is 73.4 Å². The molecule has 0 spiro atoms. The SMILES string of the molecule is CCCCCCCCCCC/C=C/CC/C=C/C(O)C(COP(=O)(O)OCC[N+](C)(C)C)NC(=O)CCCCCCCCC. The number of aliphatic hydroxyl groups excluding tert-OH is 1. The van der Waals surface area contributed by atoms with Gasteiger partial charge in [-0.15, -0.1) is 0 Å². The first kappa shape index (κ1) is 43.0. The van der Waals surface area contributed by atoms with E-state index < -0.39 is 20.0 Å². The molecule has 0 saturated carbocycles. The maximum absolute atomic E-state index is 12.6. The second kappa shape index (κ2) is 28.2. The van der Waals surface area contributed by atoms with Gasteiger partial charge in [0, 0.05) is 6.42 Å². The van der Waals surface area contributed by atoms with Gasteiger partial charge in [-0.3, -0.25) is 13.8 Å². The lowest BCUT2D eigenvalue weighted by Gasteiger charge is -2.25. The number of quaternary nitrogens is 1. The summed E-state index contributed by atoms with van der Waals surface area (Å²) in [6.07, 6.45) is 29.7. The van der Waals surface area contributed by atoms with E-state index in [9.17, 15) is 19.4 Å². The molecule has 0 aromatic carbocycles. The number of phosphoric ester groups is 1. The molecular formula is C35H70N2O6P+. The molecule has 44 heavy (non-hydrogen) atoms. The Kier molecular flexibility index (Phi) is 27.6. The summed E-state index contributed by atoms with van der Waals surface area (Å²) in [6, 6.07) is -0.854. The first-order valence-corrected chi connectivity index (χ1v) is 19.2. The number of amides is 1. The van der Waals surface area contributed by atoms with Crippen molar-refractivity contribution >= 4 is 13.7 Å². The molecule has 0 heterocycles. The van der Waals surface area contributed by atoms with Crippen molar-refractivity contribution in [3.63, 3.8) is 0 Å². The van der Waals surface area contributed by atoms with Gasteiger partial charge < -0.3 is 19.8 Å². The lowest BCUT2D eigenvalue weighted by Crippen LogP contribution is -2.45. The number of phosphoric acid groups is 1. The van der Waals surface area contributed by atoms with Gasteiger partial charge >= 0.3 is 7.82 Å². The summed E-state index contributed by atoms with van der Waals surface area (Å²) >= 11 is 0. The summed E-state index contributed by atoms with van der Waals surface area (Å²) in [7, 11) is 1.55. The Bertz CT molecular complexity index is 784. The lowest BCUT2D eigenvalue weighted by molar-refractivity contribution is -0.870. The van der Waals surface area contributed by atoms with E-state index in [4.69, 9.17) is 9.05 Å². The molecule has 0 bridgehead atoms. The van der Waals surface area contributed by atoms with E-state index in [1.54, 1.807) is 6.08 Å². The monoisotopic (exact) mass is 645 g/mol. The zero-order chi connectivity index (χ0) is 32.9. The van der Waals surface area contributed by atoms with Crippen LogP contribution in [0.1, 0.15) is 142 Å². The van der Waals surface area contributed by atoms with E-state index in [0.717, 1.165) is 38.5 Å². The summed E-state index contributed by atoms with van der Waals surface area (Å²) in [5, 5.41) is 13.6. The van der Waals surface area contributed by atoms with Crippen molar-refractivity contribution in [3.05, 3.63) is 24.3 Å². The van der Waals surface area contributed by atoms with Crippen molar-refractivity contribution in [1.82, 2.24) is 5.32 Å². The van der Waals surface area contributed by atoms with E-state index in [1.807, 2.05) is 27.2 Å². The highest BCUT2D eigenvalue weighted by Gasteiger charge is 2.27. The van der Waals surface area contributed by atoms with Crippen LogP contribution >= 0.6 is 7.82 Å². The number of unbranched alkanes of at least 4 members (excludes halogenated alkanes) is 16. The molecule has 3 N–H and O–H groups in total. The first-order chi connectivity index (χ1) is 21.0. The van der Waals surface area contributed by atoms with E-state index in [1.165, 1.54) is 83.5 Å². The Hall–Kier alpha value is -1.02. The molecule has 0 aliphatic carbocycles. The molecule has 0 aliphatic heterocycles. The number of hydrogen-bond acceptors (Lipinski definition) is 5. The number of hydrogen-bond donors (Lipinski definition) is 3. The van der Waals surface area contributed by atoms with Crippen molar-refractivity contribution < 1.29 is 32.9 Å². The zero-order valence-electron chi connectivity index (χ0n) is 29.1. The van der Waals surface area contributed by atoms with Crippen LogP contribution in [0.4, 0.5) is 0 Å². The van der Waals surface area contributed by atoms with Gasteiger partial charge in [0.05, 0.1) is 39.9 Å². The van der Waals surface area contributed by atoms with Crippen LogP contribution in [0.2, 0.25) is 0 Å². The minimum absolute atomic E-state index is 0.0572. The maximum Gasteiger partial charge on any atom is 0.472 e. The molecule has 0 rings (SSSR count). The molecule has 3 atom stereocenters. The van der Waals surface area contributed by atoms with Gasteiger partial charge in [0.25, 0.3) is 0 Å². The highest BCUT2D eigenvalue weighted by atomic mass is 31.2. The van der Waals surface area contributed by atoms with Crippen LogP contribution in [0.3, 0.4) is 0 Å². The van der Waals surface area contributed by atoms with E-state index >= 15 is 0 Å². The highest BCUT2D eigenvalue weighted by Crippen LogP contribution is 2.43. The van der Waals surface area contributed by atoms with Crippen LogP contribution in [0.25, 0.3) is 0 Å². The third-order valence-electron chi connectivity index (χ3n) is 7.67. The summed E-state index contributed by atoms with van der Waals surface area (Å²) in [6.45, 7) is 4.71. The second-order valence-electron chi connectivity index (χ2n) is 13.2. The van der Waals surface area contributed by atoms with Crippen molar-refractivity contribution in [3.8, 4) is 0 Å². The lowest BCUT2D eigenvalue weighted by atomic mass is 10.1. The van der Waals surface area contributed by atoms with Crippen molar-refractivity contribution in [2.24, 2.45) is 0 Å². The smallest absolute Gasteiger partial charge is 0.387 e. The highest BCUT2D eigenvalue weighted by molar-refractivity contribution is 7.47. The average Bonchev–Trinajstić information content (AvgIpc) is 2.95. The summed E-state index contributed by atoms with van der Waals surface area (Å²) < 4.78 is 23.3. The molecule has 8 nitrogen and oxygen atoms in total. The van der Waals surface area contributed by atoms with E-state index in [-0.39, 0.29) is 19.1 Å². The fourth-order valence-electron chi connectivity index (χ4n) is 4.76. The number of likely N-dealkylation sites (N-methyl/N-ethyl adjacent to an activating group) is 1. The van der Waals surface area contributed by atoms with Crippen LogP contribution in [0.15, 0.2) is 24.3 Å². The third kappa shape index (κ3) is 29.7. The predicted molar refractivity (Wildman–Crippen MR) is 185 cm³/mol. The maximum atomic E-state index is 12.6. The first-order valence-electron chi connectivity index (χ1n) is 17.7. The number of carbonyl (C=O) groups is 1. The van der Waals surface area contributed by atoms with E-state index in [0.29, 0.717) is 17.4 Å². The number of carbonyl (C=O) groups excluding carboxylic acids is 1. The zero-order valence-corrected chi connectivity index (χ0v) is 30.0. The van der Waals surface area contributed by atoms with Gasteiger partial charge in [0.1, 0.15) is 13.2 Å². The Morgan fingerprint density at radius 3 is 1.82 bits per heavy atom. The molecule has 9 heteroatoms. The summed E-state index contributed by atoms with van der Waals surface area (Å²) in [5.41, 5.74) is 0. The van der Waals surface area contributed by atoms with Crippen LogP contribution in [0, 0.1) is 0 Å². The number of aliphatic hydroxyl groups is 1. The summed E-state index contributed by atoms with van der Waals surface area (Å²) in [5.74, 6) is -0.197. The fourth-order valence-corrected chi connectivity index (χ4v) is 5.50. The second-order valence-corrected chi connectivity index (χ2v) is 14.7. The number of rotatable bonds is 31. The predicted octanol–water partition coefficient (Wildman–Crippen LogP) is 8.63. The van der Waals surface area contributed by atoms with Gasteiger partial charge in [0.2, 0.25) is 5.91 Å². The van der Waals surface area contributed by atoms with E-state index in [2.05, 4.69) is 31.3 Å². The largest absolute Gasteiger partial charge is 0.472 e. The number of allylic oxidation sites excluding steroid dienone is 3. The molecule has 0 aromatic rings.